The van der Waals surface area contributed by atoms with Crippen LogP contribution in [0.2, 0.25) is 5.28 Å². The minimum absolute atomic E-state index is 0.153. The van der Waals surface area contributed by atoms with Gasteiger partial charge in [0.05, 0.1) is 0 Å². The van der Waals surface area contributed by atoms with E-state index in [0.29, 0.717) is 17.3 Å². The molecule has 8 heteroatoms. The molecule has 1 fully saturated rings. The minimum Gasteiger partial charge on any atom is -0.385 e. The number of methoxy groups -OCH3 is 1. The molecule has 7 nitrogen and oxygen atoms in total. The zero-order valence-electron chi connectivity index (χ0n) is 11.8. The van der Waals surface area contributed by atoms with Gasteiger partial charge in [-0.1, -0.05) is 0 Å². The molecule has 0 saturated heterocycles. The van der Waals surface area contributed by atoms with Crippen LogP contribution in [-0.4, -0.2) is 45.0 Å². The molecule has 112 valence electrons. The van der Waals surface area contributed by atoms with Crippen molar-refractivity contribution < 1.29 is 4.74 Å². The molecule has 2 heterocycles. The molecular formula is C13H17ClN6O. The van der Waals surface area contributed by atoms with Gasteiger partial charge in [0.15, 0.2) is 0 Å². The standard InChI is InChI=1S/C13H17ClN6O/c1-21-8-5-13(3-4-13)9-15-11-17-10(14)18-12(19-11)20-7-2-6-16-20/h2,6-7H,3-5,8-9H2,1H3,(H,15,17,18,19). The first-order valence-corrected chi connectivity index (χ1v) is 7.23. The van der Waals surface area contributed by atoms with Crippen LogP contribution in [0.1, 0.15) is 19.3 Å². The highest BCUT2D eigenvalue weighted by atomic mass is 35.5. The Hall–Kier alpha value is -1.73. The van der Waals surface area contributed by atoms with E-state index in [1.165, 1.54) is 12.8 Å². The van der Waals surface area contributed by atoms with Gasteiger partial charge in [0.2, 0.25) is 11.2 Å². The summed E-state index contributed by atoms with van der Waals surface area (Å²) in [6, 6.07) is 1.80. The largest absolute Gasteiger partial charge is 0.385 e. The van der Waals surface area contributed by atoms with E-state index in [4.69, 9.17) is 16.3 Å². The summed E-state index contributed by atoms with van der Waals surface area (Å²) in [4.78, 5) is 12.5. The van der Waals surface area contributed by atoms with Crippen LogP contribution in [0, 0.1) is 5.41 Å². The normalized spacial score (nSPS) is 15.9. The second-order valence-corrected chi connectivity index (χ2v) is 5.61. The van der Waals surface area contributed by atoms with Crippen molar-refractivity contribution in [2.24, 2.45) is 5.41 Å². The third-order valence-corrected chi connectivity index (χ3v) is 3.89. The molecule has 21 heavy (non-hydrogen) atoms. The quantitative estimate of drug-likeness (QED) is 0.842. The van der Waals surface area contributed by atoms with Crippen molar-refractivity contribution in [3.63, 3.8) is 0 Å². The molecule has 0 aliphatic heterocycles. The SMILES string of the molecule is COCCC1(CNc2nc(Cl)nc(-n3cccn3)n2)CC1. The van der Waals surface area contributed by atoms with E-state index in [0.717, 1.165) is 19.6 Å². The van der Waals surface area contributed by atoms with Crippen LogP contribution in [0.4, 0.5) is 5.95 Å². The summed E-state index contributed by atoms with van der Waals surface area (Å²) in [5.41, 5.74) is 0.307. The second kappa shape index (κ2) is 5.95. The van der Waals surface area contributed by atoms with E-state index in [-0.39, 0.29) is 5.28 Å². The molecule has 1 saturated carbocycles. The van der Waals surface area contributed by atoms with E-state index in [1.807, 2.05) is 0 Å². The van der Waals surface area contributed by atoms with Crippen molar-refractivity contribution in [2.45, 2.75) is 19.3 Å². The molecule has 2 aromatic rings. The van der Waals surface area contributed by atoms with E-state index >= 15 is 0 Å². The highest BCUT2D eigenvalue weighted by Crippen LogP contribution is 2.48. The first-order chi connectivity index (χ1) is 10.2. The lowest BCUT2D eigenvalue weighted by atomic mass is 10.0. The van der Waals surface area contributed by atoms with Gasteiger partial charge in [0.1, 0.15) is 0 Å². The number of anilines is 1. The Bertz CT molecular complexity index is 599. The molecule has 0 unspecified atom stereocenters. The zero-order valence-corrected chi connectivity index (χ0v) is 12.5. The number of nitrogens with zero attached hydrogens (tertiary/aromatic N) is 5. The fraction of sp³-hybridized carbons (Fsp3) is 0.538. The van der Waals surface area contributed by atoms with Crippen LogP contribution < -0.4 is 5.32 Å². The van der Waals surface area contributed by atoms with Gasteiger partial charge in [-0.3, -0.25) is 0 Å². The summed E-state index contributed by atoms with van der Waals surface area (Å²) >= 11 is 5.95. The number of hydrogen-bond acceptors (Lipinski definition) is 6. The minimum atomic E-state index is 0.153. The topological polar surface area (TPSA) is 77.8 Å². The summed E-state index contributed by atoms with van der Waals surface area (Å²) in [5, 5.41) is 7.50. The number of ether oxygens (including phenoxy) is 1. The highest BCUT2D eigenvalue weighted by Gasteiger charge is 2.41. The van der Waals surface area contributed by atoms with Crippen LogP contribution in [-0.2, 0) is 4.74 Å². The van der Waals surface area contributed by atoms with Gasteiger partial charge in [-0.05, 0) is 42.3 Å². The Kier molecular flexibility index (Phi) is 4.03. The monoisotopic (exact) mass is 308 g/mol. The molecule has 0 aromatic carbocycles. The predicted octanol–water partition coefficient (Wildman–Crippen LogP) is 1.94. The smallest absolute Gasteiger partial charge is 0.256 e. The zero-order chi connectivity index (χ0) is 14.7. The van der Waals surface area contributed by atoms with Gasteiger partial charge < -0.3 is 10.1 Å². The Balaban J connectivity index is 1.68. The summed E-state index contributed by atoms with van der Waals surface area (Å²) in [5.74, 6) is 0.883. The molecule has 1 aliphatic rings. The van der Waals surface area contributed by atoms with Crippen molar-refractivity contribution in [2.75, 3.05) is 25.6 Å². The third-order valence-electron chi connectivity index (χ3n) is 3.72. The Morgan fingerprint density at radius 3 is 2.90 bits per heavy atom. The van der Waals surface area contributed by atoms with Crippen molar-refractivity contribution in [3.05, 3.63) is 23.7 Å². The molecule has 1 aliphatic carbocycles. The van der Waals surface area contributed by atoms with Crippen LogP contribution >= 0.6 is 11.6 Å². The first kappa shape index (κ1) is 14.2. The van der Waals surface area contributed by atoms with Gasteiger partial charge in [0, 0.05) is 32.7 Å². The average Bonchev–Trinajstić information content (AvgIpc) is 3.03. The van der Waals surface area contributed by atoms with Crippen LogP contribution in [0.15, 0.2) is 18.5 Å². The molecule has 0 bridgehead atoms. The third kappa shape index (κ3) is 3.48. The average molecular weight is 309 g/mol. The summed E-state index contributed by atoms with van der Waals surface area (Å²) in [7, 11) is 1.73. The lowest BCUT2D eigenvalue weighted by molar-refractivity contribution is 0.174. The van der Waals surface area contributed by atoms with Gasteiger partial charge in [-0.2, -0.15) is 20.1 Å². The number of halogens is 1. The van der Waals surface area contributed by atoms with Gasteiger partial charge in [0.25, 0.3) is 5.95 Å². The fourth-order valence-electron chi connectivity index (χ4n) is 2.19. The molecule has 0 amide bonds. The van der Waals surface area contributed by atoms with E-state index in [2.05, 4.69) is 25.4 Å². The van der Waals surface area contributed by atoms with E-state index < -0.39 is 0 Å². The van der Waals surface area contributed by atoms with Crippen molar-refractivity contribution in [1.29, 1.82) is 0 Å². The molecule has 0 atom stereocenters. The van der Waals surface area contributed by atoms with Gasteiger partial charge >= 0.3 is 0 Å². The lowest BCUT2D eigenvalue weighted by Gasteiger charge is -2.15. The van der Waals surface area contributed by atoms with Crippen molar-refractivity contribution in [3.8, 4) is 5.95 Å². The van der Waals surface area contributed by atoms with Crippen LogP contribution in [0.25, 0.3) is 5.95 Å². The maximum Gasteiger partial charge on any atom is 0.256 e. The van der Waals surface area contributed by atoms with Gasteiger partial charge in [-0.25, -0.2) is 4.68 Å². The Morgan fingerprint density at radius 1 is 1.38 bits per heavy atom. The van der Waals surface area contributed by atoms with Crippen LogP contribution in [0.5, 0.6) is 0 Å². The molecule has 2 aromatic heterocycles. The molecule has 0 radical (unpaired) electrons. The number of rotatable bonds is 7. The number of nitrogens with one attached hydrogen (secondary N) is 1. The second-order valence-electron chi connectivity index (χ2n) is 5.28. The number of aromatic nitrogens is 5. The molecule has 1 N–H and O–H groups in total. The molecule has 0 spiro atoms. The van der Waals surface area contributed by atoms with E-state index in [1.54, 1.807) is 30.3 Å². The lowest BCUT2D eigenvalue weighted by Crippen LogP contribution is -2.19. The fourth-order valence-corrected chi connectivity index (χ4v) is 2.34. The Morgan fingerprint density at radius 2 is 2.24 bits per heavy atom. The molecule has 3 rings (SSSR count). The van der Waals surface area contributed by atoms with E-state index in [9.17, 15) is 0 Å². The Labute approximate surface area is 127 Å². The maximum atomic E-state index is 5.95. The first-order valence-electron chi connectivity index (χ1n) is 6.85. The van der Waals surface area contributed by atoms with Crippen molar-refractivity contribution in [1.82, 2.24) is 24.7 Å². The highest BCUT2D eigenvalue weighted by molar-refractivity contribution is 6.28. The summed E-state index contributed by atoms with van der Waals surface area (Å²) < 4.78 is 6.71. The summed E-state index contributed by atoms with van der Waals surface area (Å²) in [6.45, 7) is 1.59. The van der Waals surface area contributed by atoms with Crippen molar-refractivity contribution >= 4 is 17.5 Å². The number of hydrogen-bond donors (Lipinski definition) is 1. The van der Waals surface area contributed by atoms with Gasteiger partial charge in [-0.15, -0.1) is 0 Å². The van der Waals surface area contributed by atoms with Crippen LogP contribution in [0.3, 0.4) is 0 Å². The maximum absolute atomic E-state index is 5.95. The molecular weight excluding hydrogens is 292 g/mol. The summed E-state index contributed by atoms with van der Waals surface area (Å²) in [6.07, 6.45) is 6.87. The predicted molar refractivity (Wildman–Crippen MR) is 78.6 cm³/mol.